The molecule has 2 aromatic heterocycles. The molecular formula is C23H33N5O. The van der Waals surface area contributed by atoms with Crippen LogP contribution in [-0.2, 0) is 0 Å². The molecular weight excluding hydrogens is 362 g/mol. The van der Waals surface area contributed by atoms with Gasteiger partial charge in [-0.2, -0.15) is 5.10 Å². The third kappa shape index (κ3) is 3.56. The first kappa shape index (κ1) is 19.0. The van der Waals surface area contributed by atoms with Crippen molar-refractivity contribution in [3.05, 3.63) is 30.2 Å². The molecule has 4 atom stereocenters. The van der Waals surface area contributed by atoms with E-state index in [0.717, 1.165) is 30.2 Å². The average molecular weight is 396 g/mol. The number of pyridine rings is 1. The van der Waals surface area contributed by atoms with Gasteiger partial charge in [0.15, 0.2) is 5.65 Å². The monoisotopic (exact) mass is 395 g/mol. The van der Waals surface area contributed by atoms with Crippen molar-refractivity contribution < 1.29 is 4.79 Å². The van der Waals surface area contributed by atoms with Crippen LogP contribution in [-0.4, -0.2) is 62.0 Å². The highest BCUT2D eigenvalue weighted by atomic mass is 16.2. The summed E-state index contributed by atoms with van der Waals surface area (Å²) in [5.41, 5.74) is 1.48. The van der Waals surface area contributed by atoms with Gasteiger partial charge in [-0.25, -0.2) is 9.50 Å². The minimum atomic E-state index is 0.164. The Bertz CT molecular complexity index is 877. The lowest BCUT2D eigenvalue weighted by atomic mass is 9.71. The summed E-state index contributed by atoms with van der Waals surface area (Å²) in [6.45, 7) is 7.73. The summed E-state index contributed by atoms with van der Waals surface area (Å²) >= 11 is 0. The number of fused-ring (bicyclic) bond motifs is 5. The van der Waals surface area contributed by atoms with Gasteiger partial charge in [0.2, 0.25) is 0 Å². The van der Waals surface area contributed by atoms with E-state index >= 15 is 0 Å². The van der Waals surface area contributed by atoms with Crippen LogP contribution in [0.5, 0.6) is 0 Å². The van der Waals surface area contributed by atoms with Crippen molar-refractivity contribution >= 4 is 11.6 Å². The maximum Gasteiger partial charge on any atom is 0.254 e. The number of nitrogens with zero attached hydrogens (tertiary/aromatic N) is 5. The SMILES string of the molecule is CC(C)CC[C@H]1[C@H]2C[C@H](CN(C(=O)c3ccn4ncnc4c3)C2)[C@@H]2CCCCN21. The molecule has 2 bridgehead atoms. The van der Waals surface area contributed by atoms with Crippen molar-refractivity contribution in [1.82, 2.24) is 24.4 Å². The first-order chi connectivity index (χ1) is 14.1. The first-order valence-electron chi connectivity index (χ1n) is 11.4. The number of carbonyl (C=O) groups is 1. The molecule has 0 aromatic carbocycles. The van der Waals surface area contributed by atoms with Crippen LogP contribution in [0.2, 0.25) is 0 Å². The van der Waals surface area contributed by atoms with Gasteiger partial charge in [-0.1, -0.05) is 20.3 Å². The van der Waals surface area contributed by atoms with Crippen molar-refractivity contribution in [2.75, 3.05) is 19.6 Å². The number of carbonyl (C=O) groups excluding carboxylic acids is 1. The predicted molar refractivity (Wildman–Crippen MR) is 113 cm³/mol. The van der Waals surface area contributed by atoms with Gasteiger partial charge in [-0.15, -0.1) is 0 Å². The van der Waals surface area contributed by atoms with E-state index in [1.807, 2.05) is 18.3 Å². The molecule has 3 saturated heterocycles. The smallest absolute Gasteiger partial charge is 0.254 e. The summed E-state index contributed by atoms with van der Waals surface area (Å²) in [6.07, 6.45) is 11.2. The maximum atomic E-state index is 13.4. The summed E-state index contributed by atoms with van der Waals surface area (Å²) in [7, 11) is 0. The number of likely N-dealkylation sites (tertiary alicyclic amines) is 1. The molecule has 6 heteroatoms. The van der Waals surface area contributed by atoms with Crippen LogP contribution < -0.4 is 0 Å². The van der Waals surface area contributed by atoms with Crippen LogP contribution in [0, 0.1) is 17.8 Å². The van der Waals surface area contributed by atoms with Crippen molar-refractivity contribution in [1.29, 1.82) is 0 Å². The Balaban J connectivity index is 1.38. The van der Waals surface area contributed by atoms with Gasteiger partial charge in [0.25, 0.3) is 5.91 Å². The number of aromatic nitrogens is 3. The van der Waals surface area contributed by atoms with E-state index in [9.17, 15) is 4.79 Å². The molecule has 5 heterocycles. The number of hydrogen-bond donors (Lipinski definition) is 0. The second-order valence-electron chi connectivity index (χ2n) is 9.78. The van der Waals surface area contributed by atoms with Gasteiger partial charge in [0, 0.05) is 36.9 Å². The lowest BCUT2D eigenvalue weighted by Crippen LogP contribution is -2.64. The summed E-state index contributed by atoms with van der Waals surface area (Å²) in [5, 5.41) is 4.14. The average Bonchev–Trinajstić information content (AvgIpc) is 3.20. The standard InChI is InChI=1S/C23H33N5O/c1-16(2)6-7-21-19-11-18(20-5-3-4-9-27(20)21)13-26(14-19)23(29)17-8-10-28-22(12-17)24-15-25-28/h8,10,12,15-16,18-21H,3-7,9,11,13-14H2,1-2H3/t18-,19+,20+,21+/m1/s1. The molecule has 0 aliphatic carbocycles. The second kappa shape index (κ2) is 7.71. The molecule has 29 heavy (non-hydrogen) atoms. The van der Waals surface area contributed by atoms with Crippen LogP contribution in [0.15, 0.2) is 24.7 Å². The van der Waals surface area contributed by atoms with E-state index in [4.69, 9.17) is 0 Å². The highest BCUT2D eigenvalue weighted by Gasteiger charge is 2.47. The van der Waals surface area contributed by atoms with E-state index in [1.165, 1.54) is 51.4 Å². The lowest BCUT2D eigenvalue weighted by Gasteiger charge is -2.57. The Hall–Kier alpha value is -1.95. The molecule has 6 nitrogen and oxygen atoms in total. The first-order valence-corrected chi connectivity index (χ1v) is 11.4. The molecule has 0 radical (unpaired) electrons. The zero-order chi connectivity index (χ0) is 20.0. The van der Waals surface area contributed by atoms with Gasteiger partial charge in [0.05, 0.1) is 0 Å². The van der Waals surface area contributed by atoms with Crippen LogP contribution in [0.25, 0.3) is 5.65 Å². The van der Waals surface area contributed by atoms with Crippen molar-refractivity contribution in [2.45, 2.75) is 64.5 Å². The molecule has 5 rings (SSSR count). The molecule has 0 N–H and O–H groups in total. The molecule has 3 aliphatic rings. The predicted octanol–water partition coefficient (Wildman–Crippen LogP) is 3.48. The van der Waals surface area contributed by atoms with Gasteiger partial charge in [-0.05, 0) is 68.5 Å². The summed E-state index contributed by atoms with van der Waals surface area (Å²) in [6, 6.07) is 5.08. The van der Waals surface area contributed by atoms with Crippen LogP contribution >= 0.6 is 0 Å². The molecule has 0 unspecified atom stereocenters. The van der Waals surface area contributed by atoms with E-state index in [-0.39, 0.29) is 5.91 Å². The second-order valence-corrected chi connectivity index (χ2v) is 9.78. The topological polar surface area (TPSA) is 53.7 Å². The molecule has 3 fully saturated rings. The van der Waals surface area contributed by atoms with Crippen molar-refractivity contribution in [2.24, 2.45) is 17.8 Å². The Morgan fingerprint density at radius 1 is 1.24 bits per heavy atom. The fraction of sp³-hybridized carbons (Fsp3) is 0.696. The third-order valence-corrected chi connectivity index (χ3v) is 7.48. The summed E-state index contributed by atoms with van der Waals surface area (Å²) < 4.78 is 1.71. The van der Waals surface area contributed by atoms with E-state index in [1.54, 1.807) is 4.52 Å². The Morgan fingerprint density at radius 2 is 2.10 bits per heavy atom. The van der Waals surface area contributed by atoms with Gasteiger partial charge >= 0.3 is 0 Å². The number of piperidine rings is 3. The van der Waals surface area contributed by atoms with Gasteiger partial charge in [-0.3, -0.25) is 9.69 Å². The van der Waals surface area contributed by atoms with Gasteiger partial charge < -0.3 is 4.90 Å². The Kier molecular flexibility index (Phi) is 5.06. The third-order valence-electron chi connectivity index (χ3n) is 7.48. The zero-order valence-corrected chi connectivity index (χ0v) is 17.7. The van der Waals surface area contributed by atoms with Crippen molar-refractivity contribution in [3.63, 3.8) is 0 Å². The minimum absolute atomic E-state index is 0.164. The normalized spacial score (nSPS) is 30.0. The van der Waals surface area contributed by atoms with Gasteiger partial charge in [0.1, 0.15) is 6.33 Å². The fourth-order valence-corrected chi connectivity index (χ4v) is 6.11. The van der Waals surface area contributed by atoms with Crippen LogP contribution in [0.3, 0.4) is 0 Å². The number of rotatable bonds is 4. The number of amides is 1. The van der Waals surface area contributed by atoms with Crippen molar-refractivity contribution in [3.8, 4) is 0 Å². The lowest BCUT2D eigenvalue weighted by molar-refractivity contribution is -0.0681. The maximum absolute atomic E-state index is 13.4. The molecule has 1 amide bonds. The molecule has 3 aliphatic heterocycles. The van der Waals surface area contributed by atoms with Crippen LogP contribution in [0.1, 0.15) is 62.7 Å². The van der Waals surface area contributed by atoms with Crippen LogP contribution in [0.4, 0.5) is 0 Å². The zero-order valence-electron chi connectivity index (χ0n) is 17.7. The summed E-state index contributed by atoms with van der Waals surface area (Å²) in [5.74, 6) is 2.15. The van der Waals surface area contributed by atoms with E-state index in [2.05, 4.69) is 33.7 Å². The molecule has 0 saturated carbocycles. The highest BCUT2D eigenvalue weighted by Crippen LogP contribution is 2.43. The fourth-order valence-electron chi connectivity index (χ4n) is 6.11. The van der Waals surface area contributed by atoms with E-state index in [0.29, 0.717) is 23.9 Å². The number of hydrogen-bond acceptors (Lipinski definition) is 4. The molecule has 2 aromatic rings. The largest absolute Gasteiger partial charge is 0.338 e. The molecule has 156 valence electrons. The Morgan fingerprint density at radius 3 is 2.97 bits per heavy atom. The highest BCUT2D eigenvalue weighted by molar-refractivity contribution is 5.95. The van der Waals surface area contributed by atoms with E-state index < -0.39 is 0 Å². The summed E-state index contributed by atoms with van der Waals surface area (Å²) in [4.78, 5) is 22.6. The minimum Gasteiger partial charge on any atom is -0.338 e. The Labute approximate surface area is 173 Å². The molecule has 0 spiro atoms. The quantitative estimate of drug-likeness (QED) is 0.795.